The summed E-state index contributed by atoms with van der Waals surface area (Å²) in [5.41, 5.74) is 0. The minimum atomic E-state index is -0.675. The second-order valence-corrected chi connectivity index (χ2v) is 4.99. The molecule has 0 fully saturated rings. The summed E-state index contributed by atoms with van der Waals surface area (Å²) in [6.45, 7) is 2.15. The molecule has 0 saturated heterocycles. The molecule has 1 N–H and O–H groups in total. The van der Waals surface area contributed by atoms with Gasteiger partial charge in [-0.3, -0.25) is 4.79 Å². The molecule has 0 spiro atoms. The third-order valence-electron chi connectivity index (χ3n) is 3.04. The minimum absolute atomic E-state index is 0. The van der Waals surface area contributed by atoms with Crippen molar-refractivity contribution in [2.75, 3.05) is 0 Å². The molecule has 0 atom stereocenters. The second kappa shape index (κ2) is 20.3. The van der Waals surface area contributed by atoms with E-state index in [0.717, 1.165) is 44.9 Å². The summed E-state index contributed by atoms with van der Waals surface area (Å²) in [4.78, 5) is 10.3. The van der Waals surface area contributed by atoms with Crippen LogP contribution in [0, 0.1) is 0 Å². The molecule has 21 heavy (non-hydrogen) atoms. The predicted molar refractivity (Wildman–Crippen MR) is 95.4 cm³/mol. The summed E-state index contributed by atoms with van der Waals surface area (Å²) in [5, 5.41) is 8.50. The van der Waals surface area contributed by atoms with Gasteiger partial charge in [-0.2, -0.15) is 0 Å². The van der Waals surface area contributed by atoms with Gasteiger partial charge in [-0.25, -0.2) is 0 Å². The molecule has 0 unspecified atom stereocenters. The van der Waals surface area contributed by atoms with Crippen molar-refractivity contribution in [2.24, 2.45) is 0 Å². The van der Waals surface area contributed by atoms with Gasteiger partial charge in [-0.15, -0.1) is 0 Å². The van der Waals surface area contributed by atoms with Crippen molar-refractivity contribution in [3.8, 4) is 0 Å². The van der Waals surface area contributed by atoms with Gasteiger partial charge in [-0.1, -0.05) is 62.6 Å². The molecular weight excluding hydrogens is 386 g/mol. The van der Waals surface area contributed by atoms with E-state index in [1.807, 2.05) is 0 Å². The van der Waals surface area contributed by atoms with Gasteiger partial charge < -0.3 is 5.11 Å². The van der Waals surface area contributed by atoms with Crippen LogP contribution in [-0.4, -0.2) is 60.0 Å². The Labute approximate surface area is 170 Å². The Kier molecular flexibility index (Phi) is 22.7. The summed E-state index contributed by atoms with van der Waals surface area (Å²) < 4.78 is 0. The van der Waals surface area contributed by atoms with Crippen LogP contribution in [-0.2, 0) is 4.79 Å². The van der Waals surface area contributed by atoms with Crippen LogP contribution in [0.15, 0.2) is 36.5 Å². The normalized spacial score (nSPS) is 11.5. The quantitative estimate of drug-likeness (QED) is 0.267. The Morgan fingerprint density at radius 1 is 0.810 bits per heavy atom. The fourth-order valence-electron chi connectivity index (χ4n) is 1.90. The van der Waals surface area contributed by atoms with Crippen LogP contribution in [0.2, 0.25) is 0 Å². The molecule has 0 bridgehead atoms. The number of carbonyl (C=O) groups is 1. The summed E-state index contributed by atoms with van der Waals surface area (Å²) in [6.07, 6.45) is 23.4. The monoisotopic (exact) mass is 418 g/mol. The molecule has 0 amide bonds. The number of unbranched alkanes of at least 4 members (excludes halogenated alkanes) is 5. The third-order valence-corrected chi connectivity index (χ3v) is 3.04. The van der Waals surface area contributed by atoms with Crippen molar-refractivity contribution in [1.82, 2.24) is 0 Å². The van der Waals surface area contributed by atoms with E-state index >= 15 is 0 Å². The van der Waals surface area contributed by atoms with E-state index in [1.165, 1.54) is 12.8 Å². The number of hydrogen-bond donors (Lipinski definition) is 1. The average Bonchev–Trinajstić information content (AvgIpc) is 2.43. The van der Waals surface area contributed by atoms with Crippen LogP contribution in [0.25, 0.3) is 0 Å². The SMILES string of the molecule is CC/C=C\C/C=C\C/C=C\CCCCCCCC(=O)O.[BaH2]. The zero-order valence-electron chi connectivity index (χ0n) is 12.9. The number of hydrogen-bond acceptors (Lipinski definition) is 1. The van der Waals surface area contributed by atoms with Crippen molar-refractivity contribution in [3.63, 3.8) is 0 Å². The molecule has 0 heterocycles. The van der Waals surface area contributed by atoms with Crippen molar-refractivity contribution in [1.29, 1.82) is 0 Å². The van der Waals surface area contributed by atoms with Gasteiger partial charge in [0.2, 0.25) is 0 Å². The van der Waals surface area contributed by atoms with Crippen LogP contribution in [0.1, 0.15) is 71.1 Å². The first-order chi connectivity index (χ1) is 9.77. The predicted octanol–water partition coefficient (Wildman–Crippen LogP) is 4.74. The second-order valence-electron chi connectivity index (χ2n) is 4.99. The molecule has 3 heteroatoms. The molecule has 2 nitrogen and oxygen atoms in total. The molecule has 118 valence electrons. The molecule has 0 aromatic rings. The van der Waals surface area contributed by atoms with Crippen LogP contribution in [0.5, 0.6) is 0 Å². The number of allylic oxidation sites excluding steroid dienone is 6. The fraction of sp³-hybridized carbons (Fsp3) is 0.611. The van der Waals surface area contributed by atoms with E-state index in [1.54, 1.807) is 0 Å². The van der Waals surface area contributed by atoms with Crippen molar-refractivity contribution in [2.45, 2.75) is 71.1 Å². The van der Waals surface area contributed by atoms with Crippen LogP contribution < -0.4 is 0 Å². The van der Waals surface area contributed by atoms with Gasteiger partial charge >= 0.3 is 54.9 Å². The van der Waals surface area contributed by atoms with E-state index in [0.29, 0.717) is 6.42 Å². The Morgan fingerprint density at radius 3 is 1.95 bits per heavy atom. The summed E-state index contributed by atoms with van der Waals surface area (Å²) in [6, 6.07) is 0. The van der Waals surface area contributed by atoms with E-state index in [9.17, 15) is 4.79 Å². The van der Waals surface area contributed by atoms with Crippen molar-refractivity contribution >= 4 is 54.9 Å². The van der Waals surface area contributed by atoms with Crippen LogP contribution >= 0.6 is 0 Å². The molecule has 0 aromatic heterocycles. The van der Waals surface area contributed by atoms with Gasteiger partial charge in [0.25, 0.3) is 0 Å². The number of aliphatic carboxylic acids is 1. The maximum atomic E-state index is 10.3. The zero-order valence-corrected chi connectivity index (χ0v) is 12.9. The Balaban J connectivity index is 0. The summed E-state index contributed by atoms with van der Waals surface area (Å²) >= 11 is 0. The van der Waals surface area contributed by atoms with E-state index in [-0.39, 0.29) is 48.9 Å². The standard InChI is InChI=1S/C18H30O2.Ba.2H/c1-2-3-4-5-6-7-8-9-10-11-12-13-14-15-16-17-18(19)20;;;/h3-4,6-7,9-10H,2,5,8,11-17H2,1H3,(H,19,20);;;/b4-3-,7-6-,10-9-;;;. The first-order valence-electron chi connectivity index (χ1n) is 7.94. The molecule has 0 aliphatic rings. The van der Waals surface area contributed by atoms with Gasteiger partial charge in [0.15, 0.2) is 0 Å². The maximum absolute atomic E-state index is 10.3. The number of rotatable bonds is 13. The molecule has 0 saturated carbocycles. The van der Waals surface area contributed by atoms with Crippen LogP contribution in [0.4, 0.5) is 0 Å². The first-order valence-corrected chi connectivity index (χ1v) is 7.94. The van der Waals surface area contributed by atoms with E-state index in [4.69, 9.17) is 5.11 Å². The van der Waals surface area contributed by atoms with Gasteiger partial charge in [0.1, 0.15) is 0 Å². The number of carboxylic acids is 1. The van der Waals surface area contributed by atoms with E-state index in [2.05, 4.69) is 43.4 Å². The Morgan fingerprint density at radius 2 is 1.33 bits per heavy atom. The molecule has 0 aliphatic heterocycles. The molecule has 0 aliphatic carbocycles. The molecule has 0 radical (unpaired) electrons. The Hall–Kier alpha value is 0.261. The summed E-state index contributed by atoms with van der Waals surface area (Å²) in [7, 11) is 0. The van der Waals surface area contributed by atoms with Gasteiger partial charge in [0, 0.05) is 6.42 Å². The van der Waals surface area contributed by atoms with Crippen molar-refractivity contribution in [3.05, 3.63) is 36.5 Å². The van der Waals surface area contributed by atoms with E-state index < -0.39 is 5.97 Å². The van der Waals surface area contributed by atoms with Gasteiger partial charge in [0.05, 0.1) is 0 Å². The van der Waals surface area contributed by atoms with Crippen LogP contribution in [0.3, 0.4) is 0 Å². The van der Waals surface area contributed by atoms with Crippen molar-refractivity contribution < 1.29 is 9.90 Å². The third kappa shape index (κ3) is 22.7. The fourth-order valence-corrected chi connectivity index (χ4v) is 1.90. The molecule has 0 aromatic carbocycles. The Bertz CT molecular complexity index is 306. The van der Waals surface area contributed by atoms with Gasteiger partial charge in [-0.05, 0) is 38.5 Å². The topological polar surface area (TPSA) is 37.3 Å². The first kappa shape index (κ1) is 23.5. The molecule has 0 rings (SSSR count). The zero-order chi connectivity index (χ0) is 14.9. The summed E-state index contributed by atoms with van der Waals surface area (Å²) in [5.74, 6) is -0.675. The molecular formula is C18H32BaO2. The average molecular weight is 418 g/mol. The number of carboxylic acid groups (broad SMARTS) is 1.